The molecule has 2 N–H and O–H groups in total. The Hall–Kier alpha value is -1.02. The highest BCUT2D eigenvalue weighted by Crippen LogP contribution is 2.28. The zero-order valence-electron chi connectivity index (χ0n) is 12.4. The van der Waals surface area contributed by atoms with Gasteiger partial charge in [0.25, 0.3) is 0 Å². The molecule has 1 aliphatic heterocycles. The second-order valence-corrected chi connectivity index (χ2v) is 6.03. The normalized spacial score (nSPS) is 18.6. The fourth-order valence-corrected chi connectivity index (χ4v) is 3.21. The third-order valence-corrected chi connectivity index (χ3v) is 4.19. The monoisotopic (exact) mass is 260 g/mol. The molecule has 0 spiro atoms. The van der Waals surface area contributed by atoms with Crippen LogP contribution in [-0.2, 0) is 6.42 Å². The third kappa shape index (κ3) is 3.97. The molecule has 1 heterocycles. The SMILES string of the molecule is CCCC1CCN(c2ccccc2CC(C)N)CC1. The van der Waals surface area contributed by atoms with Crippen LogP contribution >= 0.6 is 0 Å². The van der Waals surface area contributed by atoms with E-state index < -0.39 is 0 Å². The van der Waals surface area contributed by atoms with E-state index in [1.807, 2.05) is 0 Å². The molecule has 1 saturated heterocycles. The summed E-state index contributed by atoms with van der Waals surface area (Å²) in [6.45, 7) is 6.80. The Balaban J connectivity index is 2.02. The quantitative estimate of drug-likeness (QED) is 0.876. The standard InChI is InChI=1S/C17H28N2/c1-3-6-15-9-11-19(12-10-15)17-8-5-4-7-16(17)13-14(2)18/h4-5,7-8,14-15H,3,6,9-13,18H2,1-2H3. The maximum atomic E-state index is 5.97. The van der Waals surface area contributed by atoms with Crippen molar-refractivity contribution in [2.75, 3.05) is 18.0 Å². The summed E-state index contributed by atoms with van der Waals surface area (Å²) in [7, 11) is 0. The zero-order valence-corrected chi connectivity index (χ0v) is 12.4. The molecule has 2 heteroatoms. The summed E-state index contributed by atoms with van der Waals surface area (Å²) in [5, 5.41) is 0. The summed E-state index contributed by atoms with van der Waals surface area (Å²) in [6, 6.07) is 9.01. The van der Waals surface area contributed by atoms with Gasteiger partial charge in [0.05, 0.1) is 0 Å². The van der Waals surface area contributed by atoms with Gasteiger partial charge in [0.2, 0.25) is 0 Å². The van der Waals surface area contributed by atoms with Crippen LogP contribution in [0.3, 0.4) is 0 Å². The molecule has 0 radical (unpaired) electrons. The number of anilines is 1. The minimum atomic E-state index is 0.235. The zero-order chi connectivity index (χ0) is 13.7. The molecule has 0 amide bonds. The molecule has 1 aromatic carbocycles. The first kappa shape index (κ1) is 14.4. The van der Waals surface area contributed by atoms with Crippen molar-refractivity contribution in [2.45, 2.75) is 52.0 Å². The van der Waals surface area contributed by atoms with E-state index in [-0.39, 0.29) is 6.04 Å². The number of nitrogens with zero attached hydrogens (tertiary/aromatic N) is 1. The fourth-order valence-electron chi connectivity index (χ4n) is 3.21. The van der Waals surface area contributed by atoms with E-state index in [0.717, 1.165) is 12.3 Å². The average molecular weight is 260 g/mol. The largest absolute Gasteiger partial charge is 0.371 e. The fraction of sp³-hybridized carbons (Fsp3) is 0.647. The van der Waals surface area contributed by atoms with Crippen molar-refractivity contribution in [3.63, 3.8) is 0 Å². The maximum absolute atomic E-state index is 5.97. The lowest BCUT2D eigenvalue weighted by atomic mass is 9.91. The molecule has 1 atom stereocenters. The van der Waals surface area contributed by atoms with Gasteiger partial charge in [0, 0.05) is 24.8 Å². The van der Waals surface area contributed by atoms with Gasteiger partial charge in [-0.1, -0.05) is 38.0 Å². The topological polar surface area (TPSA) is 29.3 Å². The minimum Gasteiger partial charge on any atom is -0.371 e. The van der Waals surface area contributed by atoms with E-state index in [4.69, 9.17) is 5.73 Å². The van der Waals surface area contributed by atoms with Crippen LogP contribution in [0.5, 0.6) is 0 Å². The van der Waals surface area contributed by atoms with Crippen molar-refractivity contribution in [3.05, 3.63) is 29.8 Å². The van der Waals surface area contributed by atoms with Gasteiger partial charge in [-0.25, -0.2) is 0 Å². The molecule has 0 aromatic heterocycles. The highest BCUT2D eigenvalue weighted by molar-refractivity contribution is 5.54. The van der Waals surface area contributed by atoms with Gasteiger partial charge in [0.15, 0.2) is 0 Å². The molecular formula is C17H28N2. The van der Waals surface area contributed by atoms with E-state index in [1.165, 1.54) is 50.0 Å². The summed E-state index contributed by atoms with van der Waals surface area (Å²) in [6.07, 6.45) is 6.40. The van der Waals surface area contributed by atoms with Crippen LogP contribution in [0.25, 0.3) is 0 Å². The molecule has 19 heavy (non-hydrogen) atoms. The molecule has 0 saturated carbocycles. The number of rotatable bonds is 5. The van der Waals surface area contributed by atoms with E-state index in [2.05, 4.69) is 43.0 Å². The number of hydrogen-bond acceptors (Lipinski definition) is 2. The molecule has 106 valence electrons. The molecule has 1 fully saturated rings. The van der Waals surface area contributed by atoms with Crippen LogP contribution in [-0.4, -0.2) is 19.1 Å². The van der Waals surface area contributed by atoms with Gasteiger partial charge in [-0.3, -0.25) is 0 Å². The molecule has 1 aromatic rings. The predicted octanol–water partition coefficient (Wildman–Crippen LogP) is 3.59. The number of benzene rings is 1. The Morgan fingerprint density at radius 2 is 1.95 bits per heavy atom. The van der Waals surface area contributed by atoms with E-state index in [1.54, 1.807) is 0 Å². The predicted molar refractivity (Wildman–Crippen MR) is 83.6 cm³/mol. The van der Waals surface area contributed by atoms with Crippen molar-refractivity contribution in [3.8, 4) is 0 Å². The molecule has 2 rings (SSSR count). The number of piperidine rings is 1. The van der Waals surface area contributed by atoms with Crippen molar-refractivity contribution in [1.82, 2.24) is 0 Å². The van der Waals surface area contributed by atoms with Crippen LogP contribution in [0.15, 0.2) is 24.3 Å². The van der Waals surface area contributed by atoms with Crippen LogP contribution in [0, 0.1) is 5.92 Å². The van der Waals surface area contributed by atoms with Gasteiger partial charge in [-0.2, -0.15) is 0 Å². The van der Waals surface area contributed by atoms with E-state index in [0.29, 0.717) is 0 Å². The summed E-state index contributed by atoms with van der Waals surface area (Å²) < 4.78 is 0. The van der Waals surface area contributed by atoms with E-state index >= 15 is 0 Å². The number of para-hydroxylation sites is 1. The van der Waals surface area contributed by atoms with Gasteiger partial charge >= 0.3 is 0 Å². The molecule has 1 unspecified atom stereocenters. The van der Waals surface area contributed by atoms with Gasteiger partial charge < -0.3 is 10.6 Å². The minimum absolute atomic E-state index is 0.235. The lowest BCUT2D eigenvalue weighted by Gasteiger charge is -2.35. The first-order valence-electron chi connectivity index (χ1n) is 7.79. The smallest absolute Gasteiger partial charge is 0.0399 e. The molecular weight excluding hydrogens is 232 g/mol. The summed E-state index contributed by atoms with van der Waals surface area (Å²) in [4.78, 5) is 2.56. The lowest BCUT2D eigenvalue weighted by Crippen LogP contribution is -2.34. The lowest BCUT2D eigenvalue weighted by molar-refractivity contribution is 0.378. The van der Waals surface area contributed by atoms with Crippen LogP contribution < -0.4 is 10.6 Å². The maximum Gasteiger partial charge on any atom is 0.0399 e. The Morgan fingerprint density at radius 3 is 2.58 bits per heavy atom. The summed E-state index contributed by atoms with van der Waals surface area (Å²) in [5.41, 5.74) is 8.79. The first-order chi connectivity index (χ1) is 9.20. The number of nitrogens with two attached hydrogens (primary N) is 1. The summed E-state index contributed by atoms with van der Waals surface area (Å²) in [5.74, 6) is 0.946. The molecule has 2 nitrogen and oxygen atoms in total. The second kappa shape index (κ2) is 6.95. The van der Waals surface area contributed by atoms with Gasteiger partial charge in [-0.15, -0.1) is 0 Å². The van der Waals surface area contributed by atoms with Crippen molar-refractivity contribution in [2.24, 2.45) is 11.7 Å². The Labute approximate surface area is 118 Å². The highest BCUT2D eigenvalue weighted by atomic mass is 15.1. The average Bonchev–Trinajstić information content (AvgIpc) is 2.40. The van der Waals surface area contributed by atoms with Crippen molar-refractivity contribution < 1.29 is 0 Å². The van der Waals surface area contributed by atoms with Gasteiger partial charge in [-0.05, 0) is 43.7 Å². The second-order valence-electron chi connectivity index (χ2n) is 6.03. The Morgan fingerprint density at radius 1 is 1.26 bits per heavy atom. The highest BCUT2D eigenvalue weighted by Gasteiger charge is 2.20. The van der Waals surface area contributed by atoms with Crippen molar-refractivity contribution in [1.29, 1.82) is 0 Å². The summed E-state index contributed by atoms with van der Waals surface area (Å²) >= 11 is 0. The van der Waals surface area contributed by atoms with Gasteiger partial charge in [0.1, 0.15) is 0 Å². The van der Waals surface area contributed by atoms with Crippen LogP contribution in [0.2, 0.25) is 0 Å². The Bertz CT molecular complexity index is 379. The van der Waals surface area contributed by atoms with Crippen LogP contribution in [0.4, 0.5) is 5.69 Å². The van der Waals surface area contributed by atoms with Crippen molar-refractivity contribution >= 4 is 5.69 Å². The first-order valence-corrected chi connectivity index (χ1v) is 7.79. The van der Waals surface area contributed by atoms with E-state index in [9.17, 15) is 0 Å². The molecule has 1 aliphatic rings. The van der Waals surface area contributed by atoms with Crippen LogP contribution in [0.1, 0.15) is 45.1 Å². The molecule has 0 bridgehead atoms. The Kier molecular flexibility index (Phi) is 5.26. The third-order valence-electron chi connectivity index (χ3n) is 4.19. The molecule has 0 aliphatic carbocycles. The number of hydrogen-bond donors (Lipinski definition) is 1.